The van der Waals surface area contributed by atoms with E-state index in [2.05, 4.69) is 6.58 Å². The van der Waals surface area contributed by atoms with Gasteiger partial charge in [-0.2, -0.15) is 0 Å². The van der Waals surface area contributed by atoms with Crippen LogP contribution in [0, 0.1) is 0 Å². The molecule has 0 aliphatic rings. The number of aldehydes is 1. The average molecular weight is 306 g/mol. The van der Waals surface area contributed by atoms with Gasteiger partial charge in [0.25, 0.3) is 0 Å². The molecule has 0 fully saturated rings. The Hall–Kier alpha value is -2.63. The second-order valence-corrected chi connectivity index (χ2v) is 4.52. The molecule has 0 unspecified atom stereocenters. The summed E-state index contributed by atoms with van der Waals surface area (Å²) in [4.78, 5) is 33.5. The van der Waals surface area contributed by atoms with Gasteiger partial charge in [0, 0.05) is 17.6 Å². The normalized spacial score (nSPS) is 9.73. The Morgan fingerprint density at radius 2 is 2.00 bits per heavy atom. The van der Waals surface area contributed by atoms with Crippen molar-refractivity contribution >= 4 is 18.2 Å². The molecule has 118 valence electrons. The molecule has 0 heterocycles. The first-order chi connectivity index (χ1) is 10.5. The van der Waals surface area contributed by atoms with E-state index in [1.807, 2.05) is 0 Å². The first-order valence-corrected chi connectivity index (χ1v) is 6.64. The molecule has 0 aliphatic heterocycles. The monoisotopic (exact) mass is 306 g/mol. The van der Waals surface area contributed by atoms with Crippen molar-refractivity contribution in [3.05, 3.63) is 35.9 Å². The highest BCUT2D eigenvalue weighted by molar-refractivity contribution is 5.86. The molecule has 0 aromatic heterocycles. The summed E-state index contributed by atoms with van der Waals surface area (Å²) in [5.74, 6) is -0.438. The van der Waals surface area contributed by atoms with E-state index in [1.54, 1.807) is 6.92 Å². The van der Waals surface area contributed by atoms with E-state index in [9.17, 15) is 14.4 Å². The number of hydrogen-bond acceptors (Lipinski definition) is 6. The number of benzene rings is 1. The Balaban J connectivity index is 2.47. The van der Waals surface area contributed by atoms with Crippen LogP contribution in [-0.2, 0) is 14.3 Å². The van der Waals surface area contributed by atoms with Crippen molar-refractivity contribution in [2.24, 2.45) is 0 Å². The van der Waals surface area contributed by atoms with E-state index in [1.165, 1.54) is 25.3 Å². The molecule has 6 nitrogen and oxygen atoms in total. The molecule has 22 heavy (non-hydrogen) atoms. The van der Waals surface area contributed by atoms with Crippen molar-refractivity contribution in [3.63, 3.8) is 0 Å². The average Bonchev–Trinajstić information content (AvgIpc) is 2.51. The third kappa shape index (κ3) is 5.40. The van der Waals surface area contributed by atoms with Gasteiger partial charge in [-0.25, -0.2) is 4.79 Å². The largest absolute Gasteiger partial charge is 0.493 e. The van der Waals surface area contributed by atoms with Gasteiger partial charge in [0.15, 0.2) is 11.5 Å². The number of carbonyl (C=O) groups excluding carboxylic acids is 3. The lowest BCUT2D eigenvalue weighted by Gasteiger charge is -2.09. The van der Waals surface area contributed by atoms with Crippen LogP contribution in [-0.4, -0.2) is 31.9 Å². The Bertz CT molecular complexity index is 576. The van der Waals surface area contributed by atoms with Gasteiger partial charge in [0.2, 0.25) is 0 Å². The maximum atomic E-state index is 11.7. The summed E-state index contributed by atoms with van der Waals surface area (Å²) < 4.78 is 15.1. The van der Waals surface area contributed by atoms with Crippen LogP contribution in [0.1, 0.15) is 30.1 Å². The molecule has 0 aliphatic carbocycles. The fourth-order valence-corrected chi connectivity index (χ4v) is 1.52. The van der Waals surface area contributed by atoms with Crippen LogP contribution in [0.15, 0.2) is 30.4 Å². The summed E-state index contributed by atoms with van der Waals surface area (Å²) in [6, 6.07) is 4.48. The van der Waals surface area contributed by atoms with Crippen LogP contribution in [0.5, 0.6) is 11.5 Å². The molecule has 1 aromatic rings. The lowest BCUT2D eigenvalue weighted by atomic mass is 10.2. The Labute approximate surface area is 128 Å². The lowest BCUT2D eigenvalue weighted by Crippen LogP contribution is -2.12. The summed E-state index contributed by atoms with van der Waals surface area (Å²) in [5, 5.41) is 0. The fraction of sp³-hybridized carbons (Fsp3) is 0.312. The summed E-state index contributed by atoms with van der Waals surface area (Å²) in [6.07, 6.45) is 1.10. The van der Waals surface area contributed by atoms with Crippen LogP contribution < -0.4 is 9.47 Å². The molecule has 0 amide bonds. The zero-order valence-electron chi connectivity index (χ0n) is 12.6. The van der Waals surface area contributed by atoms with E-state index in [-0.39, 0.29) is 18.8 Å². The van der Waals surface area contributed by atoms with Gasteiger partial charge < -0.3 is 14.2 Å². The SMILES string of the molecule is C=C(C)C(=O)OCCCC(=O)Oc1ccc(C=O)cc1OC. The molecule has 6 heteroatoms. The first kappa shape index (κ1) is 17.4. The minimum Gasteiger partial charge on any atom is -0.493 e. The predicted octanol–water partition coefficient (Wildman–Crippen LogP) is 2.31. The third-order valence-electron chi connectivity index (χ3n) is 2.65. The molecule has 1 aromatic carbocycles. The van der Waals surface area contributed by atoms with Gasteiger partial charge in [-0.3, -0.25) is 9.59 Å². The van der Waals surface area contributed by atoms with Crippen LogP contribution in [0.25, 0.3) is 0 Å². The zero-order valence-corrected chi connectivity index (χ0v) is 12.6. The second-order valence-electron chi connectivity index (χ2n) is 4.52. The third-order valence-corrected chi connectivity index (χ3v) is 2.65. The first-order valence-electron chi connectivity index (χ1n) is 6.64. The minimum absolute atomic E-state index is 0.0854. The number of ether oxygens (including phenoxy) is 3. The van der Waals surface area contributed by atoms with Crippen molar-refractivity contribution in [2.45, 2.75) is 19.8 Å². The van der Waals surface area contributed by atoms with E-state index < -0.39 is 11.9 Å². The van der Waals surface area contributed by atoms with Crippen LogP contribution in [0.4, 0.5) is 0 Å². The topological polar surface area (TPSA) is 78.9 Å². The summed E-state index contributed by atoms with van der Waals surface area (Å²) in [6.45, 7) is 5.11. The molecule has 0 radical (unpaired) electrons. The van der Waals surface area contributed by atoms with E-state index in [4.69, 9.17) is 14.2 Å². The van der Waals surface area contributed by atoms with Crippen molar-refractivity contribution in [2.75, 3.05) is 13.7 Å². The van der Waals surface area contributed by atoms with Gasteiger partial charge in [0.1, 0.15) is 6.29 Å². The van der Waals surface area contributed by atoms with Crippen LogP contribution in [0.2, 0.25) is 0 Å². The van der Waals surface area contributed by atoms with Gasteiger partial charge >= 0.3 is 11.9 Å². The van der Waals surface area contributed by atoms with Gasteiger partial charge in [0.05, 0.1) is 13.7 Å². The second kappa shape index (κ2) is 8.61. The predicted molar refractivity (Wildman–Crippen MR) is 79.0 cm³/mol. The number of methoxy groups -OCH3 is 1. The molecular formula is C16H18O6. The smallest absolute Gasteiger partial charge is 0.333 e. The van der Waals surface area contributed by atoms with Gasteiger partial charge in [-0.1, -0.05) is 6.58 Å². The molecule has 0 saturated carbocycles. The van der Waals surface area contributed by atoms with Crippen molar-refractivity contribution in [1.29, 1.82) is 0 Å². The highest BCUT2D eigenvalue weighted by Crippen LogP contribution is 2.27. The molecule has 0 spiro atoms. The van der Waals surface area contributed by atoms with E-state index in [0.29, 0.717) is 29.6 Å². The van der Waals surface area contributed by atoms with Crippen molar-refractivity contribution < 1.29 is 28.6 Å². The quantitative estimate of drug-likeness (QED) is 0.241. The van der Waals surface area contributed by atoms with Crippen molar-refractivity contribution in [1.82, 2.24) is 0 Å². The minimum atomic E-state index is -0.487. The van der Waals surface area contributed by atoms with Crippen molar-refractivity contribution in [3.8, 4) is 11.5 Å². The maximum absolute atomic E-state index is 11.7. The van der Waals surface area contributed by atoms with E-state index >= 15 is 0 Å². The Kier molecular flexibility index (Phi) is 6.82. The zero-order chi connectivity index (χ0) is 16.5. The summed E-state index contributed by atoms with van der Waals surface area (Å²) in [5.41, 5.74) is 0.728. The Morgan fingerprint density at radius 1 is 1.27 bits per heavy atom. The lowest BCUT2D eigenvalue weighted by molar-refractivity contribution is -0.141. The number of carbonyl (C=O) groups is 3. The molecular weight excluding hydrogens is 288 g/mol. The van der Waals surface area contributed by atoms with Crippen LogP contribution >= 0.6 is 0 Å². The standard InChI is InChI=1S/C16H18O6/c1-11(2)16(19)21-8-4-5-15(18)22-13-7-6-12(10-17)9-14(13)20-3/h6-7,9-10H,1,4-5,8H2,2-3H3. The highest BCUT2D eigenvalue weighted by Gasteiger charge is 2.11. The molecule has 0 atom stereocenters. The maximum Gasteiger partial charge on any atom is 0.333 e. The fourth-order valence-electron chi connectivity index (χ4n) is 1.52. The molecule has 0 N–H and O–H groups in total. The summed E-state index contributed by atoms with van der Waals surface area (Å²) in [7, 11) is 1.42. The van der Waals surface area contributed by atoms with Gasteiger partial charge in [-0.15, -0.1) is 0 Å². The molecule has 0 bridgehead atoms. The number of esters is 2. The van der Waals surface area contributed by atoms with Crippen LogP contribution in [0.3, 0.4) is 0 Å². The van der Waals surface area contributed by atoms with E-state index in [0.717, 1.165) is 0 Å². The highest BCUT2D eigenvalue weighted by atomic mass is 16.6. The Morgan fingerprint density at radius 3 is 2.59 bits per heavy atom. The molecule has 1 rings (SSSR count). The van der Waals surface area contributed by atoms with Gasteiger partial charge in [-0.05, 0) is 31.5 Å². The molecule has 0 saturated heterocycles. The number of hydrogen-bond donors (Lipinski definition) is 0. The summed E-state index contributed by atoms with van der Waals surface area (Å²) >= 11 is 0. The number of rotatable bonds is 8.